The zero-order valence-corrected chi connectivity index (χ0v) is 12.7. The number of aromatic nitrogens is 1. The molecular formula is C14H17N3OS2. The smallest absolute Gasteiger partial charge is 0.255 e. The number of nitrogens with one attached hydrogen (secondary N) is 2. The molecule has 1 fully saturated rings. The molecule has 0 radical (unpaired) electrons. The first-order chi connectivity index (χ1) is 9.84. The van der Waals surface area contributed by atoms with Gasteiger partial charge in [-0.15, -0.1) is 11.8 Å². The van der Waals surface area contributed by atoms with Crippen LogP contribution in [0.1, 0.15) is 6.42 Å². The highest BCUT2D eigenvalue weighted by Gasteiger charge is 2.12. The third-order valence-electron chi connectivity index (χ3n) is 3.20. The van der Waals surface area contributed by atoms with Gasteiger partial charge in [-0.25, -0.2) is 4.31 Å². The number of nitrogens with zero attached hydrogens (tertiary/aromatic N) is 1. The Morgan fingerprint density at radius 3 is 3.15 bits per heavy atom. The molecule has 0 aliphatic carbocycles. The van der Waals surface area contributed by atoms with Crippen molar-refractivity contribution < 1.29 is 0 Å². The third kappa shape index (κ3) is 3.20. The van der Waals surface area contributed by atoms with E-state index in [2.05, 4.69) is 20.7 Å². The second kappa shape index (κ2) is 6.67. The molecular weight excluding hydrogens is 290 g/mol. The average molecular weight is 307 g/mol. The van der Waals surface area contributed by atoms with Crippen molar-refractivity contribution >= 4 is 34.5 Å². The molecule has 2 N–H and O–H groups in total. The first kappa shape index (κ1) is 14.0. The highest BCUT2D eigenvalue weighted by atomic mass is 32.2. The van der Waals surface area contributed by atoms with Crippen molar-refractivity contribution in [3.8, 4) is 0 Å². The fourth-order valence-corrected chi connectivity index (χ4v) is 4.28. The first-order valence-corrected chi connectivity index (χ1v) is 8.59. The van der Waals surface area contributed by atoms with Gasteiger partial charge in [-0.2, -0.15) is 0 Å². The van der Waals surface area contributed by atoms with Gasteiger partial charge >= 0.3 is 0 Å². The normalized spacial score (nSPS) is 17.8. The number of thioether (sulfide) groups is 1. The van der Waals surface area contributed by atoms with E-state index in [-0.39, 0.29) is 5.56 Å². The van der Waals surface area contributed by atoms with Crippen LogP contribution in [0.25, 0.3) is 10.8 Å². The lowest BCUT2D eigenvalue weighted by atomic mass is 10.2. The molecule has 1 aliphatic heterocycles. The number of aromatic amines is 1. The molecule has 0 unspecified atom stereocenters. The van der Waals surface area contributed by atoms with Crippen molar-refractivity contribution in [1.29, 1.82) is 0 Å². The van der Waals surface area contributed by atoms with Crippen LogP contribution < -0.4 is 10.9 Å². The van der Waals surface area contributed by atoms with E-state index in [0.717, 1.165) is 46.9 Å². The Balaban J connectivity index is 1.86. The van der Waals surface area contributed by atoms with Gasteiger partial charge in [0.05, 0.1) is 5.88 Å². The minimum absolute atomic E-state index is 0.0174. The Kier molecular flexibility index (Phi) is 4.67. The first-order valence-electron chi connectivity index (χ1n) is 6.66. The lowest BCUT2D eigenvalue weighted by molar-refractivity contribution is 0.507. The zero-order valence-electron chi connectivity index (χ0n) is 11.1. The van der Waals surface area contributed by atoms with E-state index in [1.165, 1.54) is 0 Å². The largest absolute Gasteiger partial charge is 0.329 e. The Hall–Kier alpha value is -0.950. The van der Waals surface area contributed by atoms with Gasteiger partial charge in [0.15, 0.2) is 0 Å². The van der Waals surface area contributed by atoms with Crippen LogP contribution in [0.3, 0.4) is 0 Å². The van der Waals surface area contributed by atoms with Gasteiger partial charge < -0.3 is 10.3 Å². The summed E-state index contributed by atoms with van der Waals surface area (Å²) < 4.78 is 2.38. The molecule has 2 aromatic rings. The number of benzene rings is 1. The summed E-state index contributed by atoms with van der Waals surface area (Å²) in [5.74, 6) is 2.00. The molecule has 1 saturated heterocycles. The van der Waals surface area contributed by atoms with E-state index in [1.54, 1.807) is 18.1 Å². The van der Waals surface area contributed by atoms with Gasteiger partial charge in [0.2, 0.25) is 0 Å². The van der Waals surface area contributed by atoms with Crippen molar-refractivity contribution in [3.63, 3.8) is 0 Å². The highest BCUT2D eigenvalue weighted by Crippen LogP contribution is 2.30. The summed E-state index contributed by atoms with van der Waals surface area (Å²) in [5.41, 5.74) is -0.0174. The summed E-state index contributed by atoms with van der Waals surface area (Å²) in [7, 11) is 0. The number of rotatable bonds is 2. The maximum atomic E-state index is 11.8. The van der Waals surface area contributed by atoms with Gasteiger partial charge in [0.25, 0.3) is 5.56 Å². The van der Waals surface area contributed by atoms with E-state index >= 15 is 0 Å². The summed E-state index contributed by atoms with van der Waals surface area (Å²) in [6.07, 6.45) is 2.87. The zero-order chi connectivity index (χ0) is 13.8. The molecule has 6 heteroatoms. The molecule has 106 valence electrons. The molecule has 2 heterocycles. The quantitative estimate of drug-likeness (QED) is 0.835. The van der Waals surface area contributed by atoms with Crippen LogP contribution in [-0.2, 0) is 0 Å². The lowest BCUT2D eigenvalue weighted by Crippen LogP contribution is -2.27. The summed E-state index contributed by atoms with van der Waals surface area (Å²) in [4.78, 5) is 15.7. The van der Waals surface area contributed by atoms with Crippen molar-refractivity contribution in [1.82, 2.24) is 14.6 Å². The van der Waals surface area contributed by atoms with E-state index in [0.29, 0.717) is 0 Å². The Morgan fingerprint density at radius 2 is 2.20 bits per heavy atom. The highest BCUT2D eigenvalue weighted by molar-refractivity contribution is 8.01. The summed E-state index contributed by atoms with van der Waals surface area (Å²) in [5, 5.41) is 5.19. The van der Waals surface area contributed by atoms with Crippen LogP contribution in [0.15, 0.2) is 40.2 Å². The third-order valence-corrected chi connectivity index (χ3v) is 5.39. The Morgan fingerprint density at radius 1 is 1.25 bits per heavy atom. The molecule has 1 aliphatic rings. The van der Waals surface area contributed by atoms with Crippen LogP contribution in [0.4, 0.5) is 0 Å². The summed E-state index contributed by atoms with van der Waals surface area (Å²) >= 11 is 3.65. The van der Waals surface area contributed by atoms with Crippen molar-refractivity contribution in [3.05, 3.63) is 40.8 Å². The number of hydrogen-bond acceptors (Lipinski definition) is 5. The average Bonchev–Trinajstić information content (AvgIpc) is 2.43. The van der Waals surface area contributed by atoms with E-state index < -0.39 is 0 Å². The molecule has 0 atom stereocenters. The Bertz CT molecular complexity index is 636. The van der Waals surface area contributed by atoms with E-state index in [1.807, 2.05) is 30.0 Å². The number of fused-ring (bicyclic) bond motifs is 1. The predicted octanol–water partition coefficient (Wildman–Crippen LogP) is 2.48. The SMILES string of the molecule is O=c1[nH]ccc2c(SN3CCCNCSC3)cccc12. The Labute approximate surface area is 126 Å². The molecule has 0 bridgehead atoms. The fourth-order valence-electron chi connectivity index (χ4n) is 2.22. The fraction of sp³-hybridized carbons (Fsp3) is 0.357. The van der Waals surface area contributed by atoms with Crippen LogP contribution in [-0.4, -0.2) is 34.1 Å². The minimum atomic E-state index is -0.0174. The van der Waals surface area contributed by atoms with E-state index in [9.17, 15) is 4.79 Å². The van der Waals surface area contributed by atoms with E-state index in [4.69, 9.17) is 0 Å². The summed E-state index contributed by atoms with van der Waals surface area (Å²) in [6.45, 7) is 2.13. The van der Waals surface area contributed by atoms with Gasteiger partial charge in [0.1, 0.15) is 0 Å². The topological polar surface area (TPSA) is 48.1 Å². The monoisotopic (exact) mass is 307 g/mol. The lowest BCUT2D eigenvalue weighted by Gasteiger charge is -2.23. The molecule has 1 aromatic heterocycles. The van der Waals surface area contributed by atoms with Crippen LogP contribution in [0.5, 0.6) is 0 Å². The molecule has 0 saturated carbocycles. The van der Waals surface area contributed by atoms with Gasteiger partial charge in [-0.1, -0.05) is 6.07 Å². The molecule has 1 aromatic carbocycles. The van der Waals surface area contributed by atoms with Crippen molar-refractivity contribution in [2.75, 3.05) is 24.8 Å². The van der Waals surface area contributed by atoms with Crippen LogP contribution in [0.2, 0.25) is 0 Å². The second-order valence-electron chi connectivity index (χ2n) is 4.65. The van der Waals surface area contributed by atoms with Gasteiger partial charge in [-0.05, 0) is 43.1 Å². The number of pyridine rings is 1. The predicted molar refractivity (Wildman–Crippen MR) is 87.1 cm³/mol. The number of H-pyrrole nitrogens is 1. The number of hydrogen-bond donors (Lipinski definition) is 2. The summed E-state index contributed by atoms with van der Waals surface area (Å²) in [6, 6.07) is 7.91. The maximum Gasteiger partial charge on any atom is 0.255 e. The molecule has 4 nitrogen and oxygen atoms in total. The van der Waals surface area contributed by atoms with Gasteiger partial charge in [0, 0.05) is 34.3 Å². The van der Waals surface area contributed by atoms with Crippen molar-refractivity contribution in [2.45, 2.75) is 11.3 Å². The second-order valence-corrected chi connectivity index (χ2v) is 6.75. The van der Waals surface area contributed by atoms with Gasteiger partial charge in [-0.3, -0.25) is 4.79 Å². The van der Waals surface area contributed by atoms with Crippen LogP contribution in [0, 0.1) is 0 Å². The molecule has 3 rings (SSSR count). The minimum Gasteiger partial charge on any atom is -0.329 e. The van der Waals surface area contributed by atoms with Crippen molar-refractivity contribution in [2.24, 2.45) is 0 Å². The maximum absolute atomic E-state index is 11.8. The standard InChI is InChI=1S/C14H17N3OS2/c18-14-12-3-1-4-13(11(12)5-7-16-14)20-17-8-2-6-15-9-19-10-17/h1,3-5,7,15H,2,6,8-10H2,(H,16,18). The molecule has 0 spiro atoms. The molecule has 20 heavy (non-hydrogen) atoms. The molecule has 0 amide bonds. The van der Waals surface area contributed by atoms with Crippen LogP contribution >= 0.6 is 23.7 Å².